The van der Waals surface area contributed by atoms with Gasteiger partial charge in [-0.3, -0.25) is 0 Å². The van der Waals surface area contributed by atoms with Crippen LogP contribution in [0.15, 0.2) is 21.8 Å². The molecule has 1 aliphatic carbocycles. The Labute approximate surface area is 89.1 Å². The van der Waals surface area contributed by atoms with Gasteiger partial charge < -0.3 is 0 Å². The maximum absolute atomic E-state index is 2.41. The molecule has 0 aromatic heterocycles. The maximum Gasteiger partial charge on any atom is 0 e. The SMILES string of the molecule is IC1=CC=CCCCC1.[Rh]. The molecule has 0 fully saturated rings. The van der Waals surface area contributed by atoms with E-state index in [2.05, 4.69) is 40.8 Å². The molecule has 0 N–H and O–H groups in total. The Hall–Kier alpha value is 0.833. The Morgan fingerprint density at radius 3 is 2.90 bits per heavy atom. The smallest absolute Gasteiger partial charge is 0 e. The Morgan fingerprint density at radius 1 is 1.30 bits per heavy atom. The van der Waals surface area contributed by atoms with Gasteiger partial charge in [0.05, 0.1) is 0 Å². The third kappa shape index (κ3) is 4.62. The van der Waals surface area contributed by atoms with Crippen LogP contribution < -0.4 is 0 Å². The molecule has 0 aliphatic heterocycles. The van der Waals surface area contributed by atoms with E-state index < -0.39 is 0 Å². The average Bonchev–Trinajstić information content (AvgIpc) is 1.79. The van der Waals surface area contributed by atoms with Crippen LogP contribution in [-0.4, -0.2) is 0 Å². The summed E-state index contributed by atoms with van der Waals surface area (Å²) in [6.07, 6.45) is 11.9. The maximum atomic E-state index is 2.41. The third-order valence-corrected chi connectivity index (χ3v) is 2.35. The Morgan fingerprint density at radius 2 is 2.10 bits per heavy atom. The van der Waals surface area contributed by atoms with Crippen molar-refractivity contribution in [2.24, 2.45) is 0 Å². The number of halogens is 1. The molecule has 1 rings (SSSR count). The Balaban J connectivity index is 0.000000810. The Bertz CT molecular complexity index is 138. The van der Waals surface area contributed by atoms with Crippen molar-refractivity contribution in [3.63, 3.8) is 0 Å². The molecule has 0 amide bonds. The fraction of sp³-hybridized carbons (Fsp3) is 0.500. The van der Waals surface area contributed by atoms with Crippen LogP contribution in [0.3, 0.4) is 0 Å². The summed E-state index contributed by atoms with van der Waals surface area (Å²) in [5.74, 6) is 0. The van der Waals surface area contributed by atoms with Crippen molar-refractivity contribution in [1.29, 1.82) is 0 Å². The van der Waals surface area contributed by atoms with Gasteiger partial charge in [0.15, 0.2) is 0 Å². The monoisotopic (exact) mass is 337 g/mol. The van der Waals surface area contributed by atoms with E-state index >= 15 is 0 Å². The minimum atomic E-state index is 0. The van der Waals surface area contributed by atoms with Crippen LogP contribution in [0.2, 0.25) is 0 Å². The van der Waals surface area contributed by atoms with Crippen LogP contribution in [0.4, 0.5) is 0 Å². The van der Waals surface area contributed by atoms with Crippen LogP contribution in [0.1, 0.15) is 25.7 Å². The van der Waals surface area contributed by atoms with Gasteiger partial charge in [-0.2, -0.15) is 0 Å². The van der Waals surface area contributed by atoms with Crippen LogP contribution in [0, 0.1) is 0 Å². The molecular weight excluding hydrogens is 326 g/mol. The first kappa shape index (κ1) is 10.8. The van der Waals surface area contributed by atoms with Gasteiger partial charge in [-0.25, -0.2) is 0 Å². The normalized spacial score (nSPS) is 18.3. The molecule has 0 unspecified atom stereocenters. The molecular formula is C8H11IRh. The van der Waals surface area contributed by atoms with E-state index in [1.54, 1.807) is 0 Å². The molecule has 0 aromatic rings. The first-order valence-electron chi connectivity index (χ1n) is 3.41. The zero-order valence-corrected chi connectivity index (χ0v) is 9.57. The summed E-state index contributed by atoms with van der Waals surface area (Å²) in [4.78, 5) is 0. The Kier molecular flexibility index (Phi) is 7.08. The molecule has 59 valence electrons. The molecule has 0 heterocycles. The predicted molar refractivity (Wildman–Crippen MR) is 49.7 cm³/mol. The summed E-state index contributed by atoms with van der Waals surface area (Å²) >= 11 is 2.41. The van der Waals surface area contributed by atoms with Crippen molar-refractivity contribution in [3.8, 4) is 0 Å². The fourth-order valence-electron chi connectivity index (χ4n) is 0.908. The van der Waals surface area contributed by atoms with Crippen molar-refractivity contribution in [1.82, 2.24) is 0 Å². The number of rotatable bonds is 0. The van der Waals surface area contributed by atoms with Crippen molar-refractivity contribution in [3.05, 3.63) is 21.8 Å². The summed E-state index contributed by atoms with van der Waals surface area (Å²) in [6, 6.07) is 0. The van der Waals surface area contributed by atoms with Crippen molar-refractivity contribution in [2.45, 2.75) is 25.7 Å². The molecule has 0 spiro atoms. The summed E-state index contributed by atoms with van der Waals surface area (Å²) in [7, 11) is 0. The van der Waals surface area contributed by atoms with E-state index in [1.165, 1.54) is 29.3 Å². The second-order valence-electron chi connectivity index (χ2n) is 2.29. The second kappa shape index (κ2) is 6.54. The zero-order valence-electron chi connectivity index (χ0n) is 5.77. The van der Waals surface area contributed by atoms with E-state index in [0.717, 1.165) is 0 Å². The molecule has 0 aromatic carbocycles. The van der Waals surface area contributed by atoms with Gasteiger partial charge in [-0.15, -0.1) is 0 Å². The van der Waals surface area contributed by atoms with Crippen molar-refractivity contribution in [2.75, 3.05) is 0 Å². The van der Waals surface area contributed by atoms with E-state index in [-0.39, 0.29) is 19.5 Å². The van der Waals surface area contributed by atoms with Crippen LogP contribution in [0.25, 0.3) is 0 Å². The molecule has 0 atom stereocenters. The van der Waals surface area contributed by atoms with Gasteiger partial charge >= 0.3 is 0 Å². The van der Waals surface area contributed by atoms with Gasteiger partial charge in [0, 0.05) is 19.5 Å². The molecule has 1 radical (unpaired) electrons. The summed E-state index contributed by atoms with van der Waals surface area (Å²) in [5, 5.41) is 0. The summed E-state index contributed by atoms with van der Waals surface area (Å²) in [5.41, 5.74) is 0. The minimum absolute atomic E-state index is 0. The van der Waals surface area contributed by atoms with Gasteiger partial charge in [0.25, 0.3) is 0 Å². The van der Waals surface area contributed by atoms with E-state index in [4.69, 9.17) is 0 Å². The van der Waals surface area contributed by atoms with E-state index in [9.17, 15) is 0 Å². The van der Waals surface area contributed by atoms with Crippen LogP contribution in [0.5, 0.6) is 0 Å². The predicted octanol–water partition coefficient (Wildman–Crippen LogP) is 3.43. The van der Waals surface area contributed by atoms with Crippen LogP contribution in [-0.2, 0) is 19.5 Å². The quantitative estimate of drug-likeness (QED) is 0.469. The molecule has 0 saturated heterocycles. The first-order valence-corrected chi connectivity index (χ1v) is 4.48. The van der Waals surface area contributed by atoms with E-state index in [1.807, 2.05) is 0 Å². The molecule has 10 heavy (non-hydrogen) atoms. The van der Waals surface area contributed by atoms with Gasteiger partial charge in [-0.1, -0.05) is 18.2 Å². The third-order valence-electron chi connectivity index (χ3n) is 1.45. The van der Waals surface area contributed by atoms with Gasteiger partial charge in [0.2, 0.25) is 0 Å². The van der Waals surface area contributed by atoms with E-state index in [0.29, 0.717) is 0 Å². The largest absolute Gasteiger partial charge is 0.0845 e. The fourth-order valence-corrected chi connectivity index (χ4v) is 1.50. The topological polar surface area (TPSA) is 0 Å². The second-order valence-corrected chi connectivity index (χ2v) is 3.67. The molecule has 2 heteroatoms. The summed E-state index contributed by atoms with van der Waals surface area (Å²) in [6.45, 7) is 0. The number of hydrogen-bond acceptors (Lipinski definition) is 0. The van der Waals surface area contributed by atoms with Gasteiger partial charge in [-0.05, 0) is 51.9 Å². The average molecular weight is 337 g/mol. The minimum Gasteiger partial charge on any atom is -0.0845 e. The number of hydrogen-bond donors (Lipinski definition) is 0. The molecule has 0 bridgehead atoms. The molecule has 1 aliphatic rings. The van der Waals surface area contributed by atoms with Crippen molar-refractivity contribution < 1.29 is 19.5 Å². The van der Waals surface area contributed by atoms with Crippen LogP contribution >= 0.6 is 22.6 Å². The molecule has 0 nitrogen and oxygen atoms in total. The number of allylic oxidation sites excluding steroid dienone is 4. The molecule has 0 saturated carbocycles. The standard InChI is InChI=1S/C8H11I.Rh/c9-8-6-4-2-1-3-5-7-8;/h2,4,6H,1,3,5,7H2;. The first-order chi connectivity index (χ1) is 4.39. The van der Waals surface area contributed by atoms with Crippen molar-refractivity contribution >= 4 is 22.6 Å². The summed E-state index contributed by atoms with van der Waals surface area (Å²) < 4.78 is 1.49. The zero-order chi connectivity index (χ0) is 6.53. The van der Waals surface area contributed by atoms with Gasteiger partial charge in [0.1, 0.15) is 0 Å².